The van der Waals surface area contributed by atoms with Crippen molar-refractivity contribution in [1.82, 2.24) is 35.1 Å². The summed E-state index contributed by atoms with van der Waals surface area (Å²) in [6.07, 6.45) is 6.17. The molecule has 0 unspecified atom stereocenters. The zero-order valence-corrected chi connectivity index (χ0v) is 9.95. The molecule has 0 saturated heterocycles. The van der Waals surface area contributed by atoms with Crippen molar-refractivity contribution in [2.24, 2.45) is 0 Å². The van der Waals surface area contributed by atoms with Crippen LogP contribution in [0.3, 0.4) is 0 Å². The van der Waals surface area contributed by atoms with Crippen molar-refractivity contribution in [3.63, 3.8) is 0 Å². The average Bonchev–Trinajstić information content (AvgIpc) is 2.98. The number of rotatable bonds is 7. The van der Waals surface area contributed by atoms with Crippen molar-refractivity contribution >= 4 is 0 Å². The molecule has 7 heteroatoms. The number of hydrogen-bond acceptors (Lipinski definition) is 5. The summed E-state index contributed by atoms with van der Waals surface area (Å²) in [4.78, 5) is 4.20. The lowest BCUT2D eigenvalue weighted by Gasteiger charge is -2.05. The van der Waals surface area contributed by atoms with E-state index in [0.717, 1.165) is 38.4 Å². The second kappa shape index (κ2) is 6.09. The van der Waals surface area contributed by atoms with Gasteiger partial charge in [-0.25, -0.2) is 9.67 Å². The normalized spacial score (nSPS) is 10.9. The first-order valence-electron chi connectivity index (χ1n) is 5.81. The Morgan fingerprint density at radius 3 is 3.12 bits per heavy atom. The van der Waals surface area contributed by atoms with Gasteiger partial charge in [0.25, 0.3) is 0 Å². The molecule has 0 bridgehead atoms. The van der Waals surface area contributed by atoms with Crippen LogP contribution in [0.2, 0.25) is 0 Å². The van der Waals surface area contributed by atoms with Gasteiger partial charge in [0, 0.05) is 19.3 Å². The van der Waals surface area contributed by atoms with Gasteiger partial charge in [0.1, 0.15) is 12.2 Å². The monoisotopic (exact) mass is 235 g/mol. The van der Waals surface area contributed by atoms with Gasteiger partial charge in [0.05, 0.1) is 12.7 Å². The van der Waals surface area contributed by atoms with Crippen LogP contribution in [0.25, 0.3) is 0 Å². The van der Waals surface area contributed by atoms with Gasteiger partial charge in [-0.2, -0.15) is 5.10 Å². The van der Waals surface area contributed by atoms with Gasteiger partial charge in [0.15, 0.2) is 0 Å². The number of nitrogens with one attached hydrogen (secondary N) is 1. The highest BCUT2D eigenvalue weighted by atomic mass is 15.4. The largest absolute Gasteiger partial charge is 0.310 e. The van der Waals surface area contributed by atoms with E-state index in [1.54, 1.807) is 12.5 Å². The van der Waals surface area contributed by atoms with Crippen LogP contribution in [-0.4, -0.2) is 36.3 Å². The molecule has 7 nitrogen and oxygen atoms in total. The second-order valence-corrected chi connectivity index (χ2v) is 3.69. The first-order chi connectivity index (χ1) is 8.40. The molecular weight excluding hydrogens is 218 g/mol. The molecular formula is C10H17N7. The zero-order valence-electron chi connectivity index (χ0n) is 9.95. The number of hydrogen-bond donors (Lipinski definition) is 1. The van der Waals surface area contributed by atoms with Gasteiger partial charge in [-0.15, -0.1) is 5.10 Å². The van der Waals surface area contributed by atoms with Crippen molar-refractivity contribution in [3.8, 4) is 0 Å². The van der Waals surface area contributed by atoms with Crippen molar-refractivity contribution in [2.75, 3.05) is 6.54 Å². The van der Waals surface area contributed by atoms with Crippen LogP contribution in [0.5, 0.6) is 0 Å². The van der Waals surface area contributed by atoms with Crippen LogP contribution in [0, 0.1) is 0 Å². The van der Waals surface area contributed by atoms with Crippen LogP contribution in [0.1, 0.15) is 19.2 Å². The average molecular weight is 235 g/mol. The molecule has 0 aliphatic carbocycles. The topological polar surface area (TPSA) is 73.5 Å². The molecule has 0 aliphatic rings. The van der Waals surface area contributed by atoms with E-state index in [2.05, 4.69) is 32.6 Å². The molecule has 2 heterocycles. The highest BCUT2D eigenvalue weighted by Crippen LogP contribution is 1.93. The van der Waals surface area contributed by atoms with Crippen LogP contribution >= 0.6 is 0 Å². The second-order valence-electron chi connectivity index (χ2n) is 3.69. The summed E-state index contributed by atoms with van der Waals surface area (Å²) in [7, 11) is 0. The van der Waals surface area contributed by atoms with E-state index in [4.69, 9.17) is 0 Å². The fraction of sp³-hybridized carbons (Fsp3) is 0.600. The molecule has 2 aromatic rings. The van der Waals surface area contributed by atoms with Crippen LogP contribution in [0.15, 0.2) is 18.7 Å². The molecule has 0 fully saturated rings. The van der Waals surface area contributed by atoms with Crippen molar-refractivity contribution < 1.29 is 0 Å². The van der Waals surface area contributed by atoms with E-state index in [1.165, 1.54) is 0 Å². The standard InChI is InChI=1S/C10H17N7/c1-2-17-10(12-9-14-17)8-11-4-3-6-16-7-5-13-15-16/h5,7,9,11H,2-4,6,8H2,1H3. The smallest absolute Gasteiger partial charge is 0.140 e. The first-order valence-corrected chi connectivity index (χ1v) is 5.81. The Bertz CT molecular complexity index is 420. The predicted octanol–water partition coefficient (Wildman–Crippen LogP) is 0.0694. The van der Waals surface area contributed by atoms with Crippen LogP contribution < -0.4 is 5.32 Å². The lowest BCUT2D eigenvalue weighted by molar-refractivity contribution is 0.514. The Kier molecular flexibility index (Phi) is 4.20. The van der Waals surface area contributed by atoms with E-state index in [9.17, 15) is 0 Å². The Morgan fingerprint density at radius 1 is 1.41 bits per heavy atom. The van der Waals surface area contributed by atoms with E-state index in [1.807, 2.05) is 15.6 Å². The predicted molar refractivity (Wildman–Crippen MR) is 62.0 cm³/mol. The maximum atomic E-state index is 4.20. The van der Waals surface area contributed by atoms with E-state index in [0.29, 0.717) is 0 Å². The highest BCUT2D eigenvalue weighted by molar-refractivity contribution is 4.83. The number of nitrogens with zero attached hydrogens (tertiary/aromatic N) is 6. The van der Waals surface area contributed by atoms with Crippen molar-refractivity contribution in [2.45, 2.75) is 33.0 Å². The Balaban J connectivity index is 1.63. The maximum Gasteiger partial charge on any atom is 0.140 e. The molecule has 17 heavy (non-hydrogen) atoms. The minimum absolute atomic E-state index is 0.755. The summed E-state index contributed by atoms with van der Waals surface area (Å²) >= 11 is 0. The zero-order chi connectivity index (χ0) is 11.9. The van der Waals surface area contributed by atoms with Crippen LogP contribution in [-0.2, 0) is 19.6 Å². The van der Waals surface area contributed by atoms with Crippen LogP contribution in [0.4, 0.5) is 0 Å². The minimum Gasteiger partial charge on any atom is -0.310 e. The van der Waals surface area contributed by atoms with E-state index >= 15 is 0 Å². The summed E-state index contributed by atoms with van der Waals surface area (Å²) in [5, 5.41) is 15.1. The Labute approximate surface area is 99.9 Å². The molecule has 92 valence electrons. The summed E-state index contributed by atoms with van der Waals surface area (Å²) in [6.45, 7) is 5.48. The maximum absolute atomic E-state index is 4.20. The van der Waals surface area contributed by atoms with Gasteiger partial charge in [0.2, 0.25) is 0 Å². The molecule has 0 radical (unpaired) electrons. The quantitative estimate of drug-likeness (QED) is 0.687. The van der Waals surface area contributed by atoms with Gasteiger partial charge in [-0.05, 0) is 19.9 Å². The summed E-state index contributed by atoms with van der Waals surface area (Å²) in [5.41, 5.74) is 0. The fourth-order valence-electron chi connectivity index (χ4n) is 1.61. The van der Waals surface area contributed by atoms with Gasteiger partial charge < -0.3 is 5.32 Å². The van der Waals surface area contributed by atoms with Crippen molar-refractivity contribution in [3.05, 3.63) is 24.5 Å². The molecule has 2 rings (SSSR count). The minimum atomic E-state index is 0.755. The summed E-state index contributed by atoms with van der Waals surface area (Å²) < 4.78 is 3.72. The number of aromatic nitrogens is 6. The Hall–Kier alpha value is -1.76. The molecule has 0 amide bonds. The SMILES string of the molecule is CCn1ncnc1CNCCCn1ccnn1. The molecule has 0 saturated carbocycles. The lowest BCUT2D eigenvalue weighted by Crippen LogP contribution is -2.19. The third kappa shape index (κ3) is 3.35. The van der Waals surface area contributed by atoms with Gasteiger partial charge in [-0.1, -0.05) is 5.21 Å². The van der Waals surface area contributed by atoms with E-state index < -0.39 is 0 Å². The van der Waals surface area contributed by atoms with Gasteiger partial charge >= 0.3 is 0 Å². The third-order valence-corrected chi connectivity index (χ3v) is 2.49. The molecule has 0 spiro atoms. The van der Waals surface area contributed by atoms with E-state index in [-0.39, 0.29) is 0 Å². The van der Waals surface area contributed by atoms with Crippen molar-refractivity contribution in [1.29, 1.82) is 0 Å². The molecule has 0 atom stereocenters. The third-order valence-electron chi connectivity index (χ3n) is 2.49. The highest BCUT2D eigenvalue weighted by Gasteiger charge is 2.00. The van der Waals surface area contributed by atoms with Gasteiger partial charge in [-0.3, -0.25) is 4.68 Å². The Morgan fingerprint density at radius 2 is 2.35 bits per heavy atom. The lowest BCUT2D eigenvalue weighted by atomic mass is 10.4. The molecule has 0 aromatic carbocycles. The first kappa shape index (κ1) is 11.7. The summed E-state index contributed by atoms with van der Waals surface area (Å²) in [5.74, 6) is 0.980. The molecule has 0 aliphatic heterocycles. The molecule has 1 N–H and O–H groups in total. The molecule has 2 aromatic heterocycles. The fourth-order valence-corrected chi connectivity index (χ4v) is 1.61. The number of aryl methyl sites for hydroxylation is 2. The summed E-state index contributed by atoms with van der Waals surface area (Å²) in [6, 6.07) is 0.